The zero-order valence-electron chi connectivity index (χ0n) is 73.1. The number of nitriles is 2. The highest BCUT2D eigenvalue weighted by Crippen LogP contribution is 2.44. The van der Waals surface area contributed by atoms with Crippen LogP contribution in [-0.2, 0) is 39.4 Å². The predicted octanol–water partition coefficient (Wildman–Crippen LogP) is 7.76. The first kappa shape index (κ1) is 88.1. The number of ether oxygens (including phenoxy) is 3. The summed E-state index contributed by atoms with van der Waals surface area (Å²) in [5.41, 5.74) is 23.8. The number of anilines is 12. The molecule has 127 heavy (non-hydrogen) atoms. The lowest BCUT2D eigenvalue weighted by Gasteiger charge is -2.41. The second kappa shape index (κ2) is 41.0. The zero-order valence-corrected chi connectivity index (χ0v) is 73.1. The number of aromatic nitrogens is 15. The highest BCUT2D eigenvalue weighted by Gasteiger charge is 2.41. The third-order valence-electron chi connectivity index (χ3n) is 26.7. The van der Waals surface area contributed by atoms with Crippen molar-refractivity contribution in [2.75, 3.05) is 205 Å². The molecule has 0 spiro atoms. The first-order valence-corrected chi connectivity index (χ1v) is 45.0. The molecule has 0 unspecified atom stereocenters. The number of rotatable bonds is 18. The van der Waals surface area contributed by atoms with E-state index < -0.39 is 10.8 Å². The lowest BCUT2D eigenvalue weighted by atomic mass is 9.69. The van der Waals surface area contributed by atoms with Gasteiger partial charge >= 0.3 is 0 Å². The maximum absolute atomic E-state index is 11.8. The normalized spacial score (nSPS) is 23.1. The lowest BCUT2D eigenvalue weighted by Crippen LogP contribution is -2.47. The number of benzene rings is 3. The van der Waals surface area contributed by atoms with E-state index >= 15 is 0 Å². The van der Waals surface area contributed by atoms with Gasteiger partial charge in [-0.05, 0) is 155 Å². The van der Waals surface area contributed by atoms with Crippen molar-refractivity contribution in [2.45, 2.75) is 152 Å². The Morgan fingerprint density at radius 2 is 0.661 bits per heavy atom. The second-order valence-electron chi connectivity index (χ2n) is 34.3. The smallest absolute Gasteiger partial charge is 0.248 e. The van der Waals surface area contributed by atoms with Gasteiger partial charge in [0.15, 0.2) is 17.5 Å². The Kier molecular flexibility index (Phi) is 28.4. The van der Waals surface area contributed by atoms with Crippen molar-refractivity contribution in [3.05, 3.63) is 127 Å². The van der Waals surface area contributed by atoms with Crippen molar-refractivity contribution >= 4 is 87.9 Å². The molecule has 9 aliphatic rings. The van der Waals surface area contributed by atoms with Crippen molar-refractivity contribution in [1.82, 2.24) is 104 Å². The summed E-state index contributed by atoms with van der Waals surface area (Å²) in [6.45, 7) is 24.5. The molecule has 9 fully saturated rings. The predicted molar refractivity (Wildman–Crippen MR) is 482 cm³/mol. The van der Waals surface area contributed by atoms with Gasteiger partial charge in [-0.25, -0.2) is 29.9 Å². The van der Waals surface area contributed by atoms with Crippen LogP contribution < -0.4 is 47.9 Å². The summed E-state index contributed by atoms with van der Waals surface area (Å²) in [5, 5.41) is 43.9. The number of nitrogens with zero attached hydrogens (tertiary/aromatic N) is 26. The minimum atomic E-state index is -0.464. The molecule has 3 amide bonds. The van der Waals surface area contributed by atoms with Crippen LogP contribution in [0.1, 0.15) is 140 Å². The third kappa shape index (κ3) is 21.5. The maximum atomic E-state index is 11.8. The number of nitrogens with two attached hydrogens (primary N) is 3. The summed E-state index contributed by atoms with van der Waals surface area (Å²) in [5.74, 6) is 6.47. The van der Waals surface area contributed by atoms with Gasteiger partial charge in [0, 0.05) is 192 Å². The first-order chi connectivity index (χ1) is 61.9. The van der Waals surface area contributed by atoms with Crippen LogP contribution in [0.15, 0.2) is 110 Å². The minimum absolute atomic E-state index is 0.0893. The minimum Gasteiger partial charge on any atom is -0.379 e. The Morgan fingerprint density at radius 3 is 0.961 bits per heavy atom. The molecular weight excluding hydrogens is 1610 g/mol. The fourth-order valence-corrected chi connectivity index (χ4v) is 19.3. The van der Waals surface area contributed by atoms with E-state index in [4.69, 9.17) is 31.4 Å². The van der Waals surface area contributed by atoms with Gasteiger partial charge in [0.05, 0.1) is 62.6 Å². The molecule has 0 radical (unpaired) electrons. The van der Waals surface area contributed by atoms with Crippen LogP contribution in [0.4, 0.5) is 70.2 Å². The Morgan fingerprint density at radius 1 is 0.370 bits per heavy atom. The Labute approximate surface area is 740 Å². The highest BCUT2D eigenvalue weighted by atomic mass is 16.5. The lowest BCUT2D eigenvalue weighted by molar-refractivity contribution is -0.129. The van der Waals surface area contributed by atoms with E-state index in [1.165, 1.54) is 64.3 Å². The number of amides is 3. The molecule has 6 aliphatic heterocycles. The van der Waals surface area contributed by atoms with Crippen LogP contribution >= 0.6 is 0 Å². The van der Waals surface area contributed by atoms with Crippen molar-refractivity contribution in [1.29, 1.82) is 10.5 Å². The average Bonchev–Trinajstić information content (AvgIpc) is 1.49. The quantitative estimate of drug-likeness (QED) is 0.0478. The summed E-state index contributed by atoms with van der Waals surface area (Å²) in [7, 11) is 0. The number of morpholine rings is 3. The van der Waals surface area contributed by atoms with Crippen molar-refractivity contribution in [2.24, 2.45) is 0 Å². The summed E-state index contributed by atoms with van der Waals surface area (Å²) in [4.78, 5) is 94.9. The fraction of sp³-hybridized carbons (Fsp3) is 0.539. The molecule has 3 aliphatic carbocycles. The number of carbonyl (C=O) groups is 3. The molecular formula is C89H118N32O6. The summed E-state index contributed by atoms with van der Waals surface area (Å²) in [6, 6.07) is 37.2. The van der Waals surface area contributed by atoms with E-state index in [1.807, 2.05) is 81.4 Å². The first-order valence-electron chi connectivity index (χ1n) is 45.0. The van der Waals surface area contributed by atoms with Crippen LogP contribution in [0.2, 0.25) is 0 Å². The van der Waals surface area contributed by atoms with Crippen LogP contribution in [0.5, 0.6) is 0 Å². The Hall–Kier alpha value is -12.3. The van der Waals surface area contributed by atoms with Gasteiger partial charge in [0.1, 0.15) is 36.4 Å². The molecule has 12 heterocycles. The molecule has 6 saturated heterocycles. The number of nitrogens with one attached hydrogen (secondary N) is 3. The highest BCUT2D eigenvalue weighted by molar-refractivity contribution is 5.74. The van der Waals surface area contributed by atoms with E-state index in [1.54, 1.807) is 20.8 Å². The van der Waals surface area contributed by atoms with Gasteiger partial charge in [-0.2, -0.15) is 39.5 Å². The molecule has 3 aromatic carbocycles. The number of nitrogen functional groups attached to an aromatic ring is 3. The molecule has 9 N–H and O–H groups in total. The van der Waals surface area contributed by atoms with E-state index in [9.17, 15) is 24.9 Å². The largest absolute Gasteiger partial charge is 0.379 e. The third-order valence-corrected chi connectivity index (χ3v) is 26.7. The van der Waals surface area contributed by atoms with E-state index in [-0.39, 0.29) is 35.6 Å². The number of hydrogen-bond acceptors (Lipinski definition) is 32. The van der Waals surface area contributed by atoms with Crippen molar-refractivity contribution in [3.8, 4) is 29.6 Å². The molecule has 18 rings (SSSR count). The fourth-order valence-electron chi connectivity index (χ4n) is 19.3. The Balaban J connectivity index is 0.000000140. The molecule has 0 atom stereocenters. The zero-order chi connectivity index (χ0) is 87.8. The van der Waals surface area contributed by atoms with Crippen LogP contribution in [-0.4, -0.2) is 297 Å². The van der Waals surface area contributed by atoms with E-state index in [2.05, 4.69) is 142 Å². The van der Waals surface area contributed by atoms with Gasteiger partial charge in [0.2, 0.25) is 53.4 Å². The SMILES string of the molecule is CC(=O)N1CCCN(c2cc(-n3nc(Nc4ccc(C5(C#N)CCC(N6CCOCC6)CC5)cc4)nc3N)ncn2)CC1.CC(=O)N1CCCN(c2cc(-n3nc(Nc4ccc(C5(C#N)CCC(N6CCOCC6)CC5)cc4)nc3N)ncn2)CC1.CC(=O)N1CCCN(c2cc(-n3nc(Nc4ccc(C5CCC(N6CCOCC6)CC5)cc4)nc3N)ncn2)CC1. The van der Waals surface area contributed by atoms with Crippen LogP contribution in [0.3, 0.4) is 0 Å². The number of hydrogen-bond donors (Lipinski definition) is 6. The van der Waals surface area contributed by atoms with Gasteiger partial charge in [-0.1, -0.05) is 36.4 Å². The average molecular weight is 1730 g/mol. The van der Waals surface area contributed by atoms with E-state index in [0.29, 0.717) is 98.6 Å². The molecule has 3 saturated carbocycles. The Bertz CT molecular complexity index is 5020. The van der Waals surface area contributed by atoms with Crippen LogP contribution in [0, 0.1) is 22.7 Å². The molecule has 670 valence electrons. The monoisotopic (exact) mass is 1730 g/mol. The summed E-state index contributed by atoms with van der Waals surface area (Å²) >= 11 is 0. The molecule has 9 aromatic rings. The molecule has 0 bridgehead atoms. The summed E-state index contributed by atoms with van der Waals surface area (Å²) in [6.07, 6.45) is 19.6. The van der Waals surface area contributed by atoms with Gasteiger partial charge in [-0.3, -0.25) is 29.1 Å². The van der Waals surface area contributed by atoms with Gasteiger partial charge in [-0.15, -0.1) is 15.3 Å². The summed E-state index contributed by atoms with van der Waals surface area (Å²) < 4.78 is 21.0. The van der Waals surface area contributed by atoms with E-state index in [0.717, 1.165) is 234 Å². The molecule has 38 nitrogen and oxygen atoms in total. The van der Waals surface area contributed by atoms with Crippen molar-refractivity contribution < 1.29 is 28.6 Å². The molecule has 38 heteroatoms. The second-order valence-corrected chi connectivity index (χ2v) is 34.3. The van der Waals surface area contributed by atoms with Crippen LogP contribution in [0.25, 0.3) is 17.5 Å². The number of carbonyl (C=O) groups excluding carboxylic acids is 3. The van der Waals surface area contributed by atoms with Gasteiger partial charge < -0.3 is 76.8 Å². The maximum Gasteiger partial charge on any atom is 0.248 e. The van der Waals surface area contributed by atoms with Gasteiger partial charge in [0.25, 0.3) is 0 Å². The standard InChI is InChI=1S/2C30H39N11O2.C29H40N10O2/c2*1-22(42)38-11-2-12-40(14-13-38)26-19-27(34-21-33-26)41-28(32)36-29(37-41)35-24-5-3-23(4-6-24)30(20-31)9-7-25(8-10-30)39-15-17-43-18-16-39;1-21(40)36-11-2-12-38(14-13-36)26-19-27(32-20-31-26)39-28(30)34-29(35-39)33-24-7-3-22(4-8-24)23-5-9-25(10-6-23)37-15-17-41-18-16-37/h2*3-6,19,21,25H,2,7-18H2,1H3,(H3,32,35,36,37);3-4,7-8,19-20,23,25H,2,5-6,9-18H2,1H3,(H3,30,33,34,35). The molecule has 6 aromatic heterocycles. The topological polar surface area (TPSA) is 439 Å². The van der Waals surface area contributed by atoms with Crippen molar-refractivity contribution in [3.63, 3.8) is 0 Å².